The van der Waals surface area contributed by atoms with Crippen molar-refractivity contribution in [2.45, 2.75) is 108 Å². The largest absolute Gasteiger partial charge is 0.493 e. The molecule has 0 atom stereocenters. The summed E-state index contributed by atoms with van der Waals surface area (Å²) in [5, 5.41) is 22.8. The van der Waals surface area contributed by atoms with E-state index in [0.717, 1.165) is 60.8 Å². The molecular weight excluding hydrogens is 701 g/mol. The lowest BCUT2D eigenvalue weighted by Crippen LogP contribution is -2.29. The first kappa shape index (κ1) is 40.6. The van der Waals surface area contributed by atoms with E-state index in [1.54, 1.807) is 0 Å². The lowest BCUT2D eigenvalue weighted by atomic mass is 9.65. The number of aliphatic hydroxyl groups is 2. The van der Waals surface area contributed by atoms with Gasteiger partial charge in [0.2, 0.25) is 0 Å². The van der Waals surface area contributed by atoms with Crippen LogP contribution in [-0.2, 0) is 5.41 Å². The zero-order valence-corrected chi connectivity index (χ0v) is 33.9. The first-order valence-electron chi connectivity index (χ1n) is 22.0. The van der Waals surface area contributed by atoms with Crippen LogP contribution in [0.15, 0.2) is 121 Å². The van der Waals surface area contributed by atoms with Gasteiger partial charge in [0, 0.05) is 24.0 Å². The Bertz CT molecular complexity index is 2010. The van der Waals surface area contributed by atoms with Gasteiger partial charge in [0.05, 0.1) is 18.6 Å². The van der Waals surface area contributed by atoms with Crippen LogP contribution in [0.4, 0.5) is 0 Å². The Morgan fingerprint density at radius 2 is 0.649 bits per heavy atom. The third-order valence-corrected chi connectivity index (χ3v) is 12.1. The molecule has 0 aromatic heterocycles. The van der Waals surface area contributed by atoms with E-state index >= 15 is 0 Å². The minimum Gasteiger partial charge on any atom is -0.493 e. The van der Waals surface area contributed by atoms with Crippen LogP contribution in [0.2, 0.25) is 0 Å². The van der Waals surface area contributed by atoms with Gasteiger partial charge in [0.1, 0.15) is 11.5 Å². The Kier molecular flexibility index (Phi) is 14.7. The van der Waals surface area contributed by atoms with Gasteiger partial charge in [-0.3, -0.25) is 0 Å². The summed E-state index contributed by atoms with van der Waals surface area (Å²) in [5.41, 5.74) is 7.12. The first-order valence-corrected chi connectivity index (χ1v) is 22.0. The Hall–Kier alpha value is -4.64. The van der Waals surface area contributed by atoms with Crippen LogP contribution >= 0.6 is 0 Å². The maximum atomic E-state index is 9.03. The number of aliphatic hydroxyl groups excluding tert-OH is 2. The van der Waals surface area contributed by atoms with Crippen LogP contribution in [0, 0.1) is 0 Å². The monoisotopic (exact) mass is 762 g/mol. The molecule has 0 spiro atoms. The second-order valence-corrected chi connectivity index (χ2v) is 16.0. The molecule has 6 aromatic rings. The fraction of sp³-hybridized carbons (Fsp3) is 0.396. The standard InChI is InChI=1S/C53H62O4/c54-37-17-9-5-1-3-7-11-19-39-56-51-35-23-27-43-45(51)29-21-33-49(43)53(47-31-15-13-25-41(47)42-26-14-16-32-48(42)53)50-34-22-30-46-44(50)28-24-36-52(46)57-40-20-12-8-4-2-6-10-18-38-55/h13-16,21-36,54-55H,1-12,17-20,37-40H2. The van der Waals surface area contributed by atoms with Crippen molar-refractivity contribution in [1.82, 2.24) is 0 Å². The summed E-state index contributed by atoms with van der Waals surface area (Å²) in [6.45, 7) is 2.04. The molecular formula is C53H62O4. The smallest absolute Gasteiger partial charge is 0.127 e. The van der Waals surface area contributed by atoms with E-state index in [2.05, 4.69) is 121 Å². The highest BCUT2D eigenvalue weighted by Crippen LogP contribution is 2.58. The van der Waals surface area contributed by atoms with Crippen molar-refractivity contribution in [2.75, 3.05) is 26.4 Å². The molecule has 1 aliphatic rings. The van der Waals surface area contributed by atoms with Crippen molar-refractivity contribution in [1.29, 1.82) is 0 Å². The number of fused-ring (bicyclic) bond motifs is 5. The van der Waals surface area contributed by atoms with Gasteiger partial charge in [-0.1, -0.05) is 186 Å². The molecule has 1 aliphatic carbocycles. The van der Waals surface area contributed by atoms with Gasteiger partial charge in [-0.2, -0.15) is 0 Å². The van der Waals surface area contributed by atoms with E-state index in [1.807, 2.05) is 0 Å². The Morgan fingerprint density at radius 1 is 0.316 bits per heavy atom. The normalized spacial score (nSPS) is 12.9. The van der Waals surface area contributed by atoms with Gasteiger partial charge >= 0.3 is 0 Å². The van der Waals surface area contributed by atoms with Gasteiger partial charge in [-0.25, -0.2) is 0 Å². The van der Waals surface area contributed by atoms with Gasteiger partial charge in [0.25, 0.3) is 0 Å². The lowest BCUT2D eigenvalue weighted by Gasteiger charge is -2.36. The summed E-state index contributed by atoms with van der Waals surface area (Å²) >= 11 is 0. The average Bonchev–Trinajstić information content (AvgIpc) is 3.55. The van der Waals surface area contributed by atoms with Crippen molar-refractivity contribution < 1.29 is 19.7 Å². The first-order chi connectivity index (χ1) is 28.3. The zero-order chi connectivity index (χ0) is 39.1. The summed E-state index contributed by atoms with van der Waals surface area (Å²) in [5.74, 6) is 1.90. The maximum absolute atomic E-state index is 9.03. The van der Waals surface area contributed by atoms with Gasteiger partial charge in [-0.15, -0.1) is 0 Å². The fourth-order valence-electron chi connectivity index (χ4n) is 9.34. The van der Waals surface area contributed by atoms with Crippen LogP contribution in [-0.4, -0.2) is 36.6 Å². The molecule has 0 bridgehead atoms. The van der Waals surface area contributed by atoms with E-state index in [0.29, 0.717) is 26.4 Å². The third kappa shape index (κ3) is 9.09. The minimum absolute atomic E-state index is 0.309. The predicted molar refractivity (Wildman–Crippen MR) is 238 cm³/mol. The molecule has 0 radical (unpaired) electrons. The van der Waals surface area contributed by atoms with E-state index < -0.39 is 5.41 Å². The van der Waals surface area contributed by atoms with Gasteiger partial charge in [0.15, 0.2) is 0 Å². The average molecular weight is 763 g/mol. The van der Waals surface area contributed by atoms with E-state index in [1.165, 1.54) is 108 Å². The number of hydrogen-bond acceptors (Lipinski definition) is 4. The number of hydrogen-bond donors (Lipinski definition) is 2. The molecule has 0 saturated heterocycles. The highest BCUT2D eigenvalue weighted by Gasteiger charge is 2.47. The van der Waals surface area contributed by atoms with Crippen molar-refractivity contribution in [3.8, 4) is 22.6 Å². The summed E-state index contributed by atoms with van der Waals surface area (Å²) in [7, 11) is 0. The Labute approximate surface area is 340 Å². The summed E-state index contributed by atoms with van der Waals surface area (Å²) in [6, 6.07) is 44.8. The van der Waals surface area contributed by atoms with Crippen LogP contribution in [0.5, 0.6) is 11.5 Å². The highest BCUT2D eigenvalue weighted by atomic mass is 16.5. The van der Waals surface area contributed by atoms with Crippen LogP contribution in [0.3, 0.4) is 0 Å². The molecule has 0 heterocycles. The second kappa shape index (κ2) is 20.7. The van der Waals surface area contributed by atoms with E-state index in [-0.39, 0.29) is 0 Å². The van der Waals surface area contributed by atoms with Crippen molar-refractivity contribution >= 4 is 21.5 Å². The topological polar surface area (TPSA) is 58.9 Å². The number of rotatable bonds is 24. The third-order valence-electron chi connectivity index (χ3n) is 12.1. The second-order valence-electron chi connectivity index (χ2n) is 16.0. The molecule has 57 heavy (non-hydrogen) atoms. The van der Waals surface area contributed by atoms with E-state index in [4.69, 9.17) is 19.7 Å². The minimum atomic E-state index is -0.572. The fourth-order valence-corrected chi connectivity index (χ4v) is 9.34. The SMILES string of the molecule is OCCCCCCCCCCOc1cccc2c(C3(c4cccc5c(OCCCCCCCCCCO)cccc45)c4ccccc4-c4ccccc43)cccc12. The number of benzene rings is 6. The lowest BCUT2D eigenvalue weighted by molar-refractivity contribution is 0.281. The molecule has 0 saturated carbocycles. The Morgan fingerprint density at radius 3 is 1.07 bits per heavy atom. The molecule has 0 unspecified atom stereocenters. The molecule has 4 heteroatoms. The highest BCUT2D eigenvalue weighted by molar-refractivity contribution is 6.00. The summed E-state index contributed by atoms with van der Waals surface area (Å²) in [4.78, 5) is 0. The number of ether oxygens (including phenoxy) is 2. The number of unbranched alkanes of at least 4 members (excludes halogenated alkanes) is 14. The zero-order valence-electron chi connectivity index (χ0n) is 33.9. The Balaban J connectivity index is 1.20. The maximum Gasteiger partial charge on any atom is 0.127 e. The molecule has 0 amide bonds. The van der Waals surface area contributed by atoms with Gasteiger partial charge < -0.3 is 19.7 Å². The van der Waals surface area contributed by atoms with Crippen molar-refractivity contribution in [3.05, 3.63) is 144 Å². The quantitative estimate of drug-likeness (QED) is 0.0602. The predicted octanol–water partition coefficient (Wildman–Crippen LogP) is 13.3. The van der Waals surface area contributed by atoms with Crippen LogP contribution in [0.1, 0.15) is 125 Å². The molecule has 2 N–H and O–H groups in total. The summed E-state index contributed by atoms with van der Waals surface area (Å²) < 4.78 is 13.2. The van der Waals surface area contributed by atoms with Crippen molar-refractivity contribution in [2.24, 2.45) is 0 Å². The van der Waals surface area contributed by atoms with Crippen LogP contribution < -0.4 is 9.47 Å². The van der Waals surface area contributed by atoms with Crippen LogP contribution in [0.25, 0.3) is 32.7 Å². The van der Waals surface area contributed by atoms with Gasteiger partial charge in [-0.05, 0) is 82.0 Å². The molecule has 0 fully saturated rings. The summed E-state index contributed by atoms with van der Waals surface area (Å²) in [6.07, 6.45) is 18.4. The molecule has 6 aromatic carbocycles. The molecule has 4 nitrogen and oxygen atoms in total. The van der Waals surface area contributed by atoms with E-state index in [9.17, 15) is 0 Å². The molecule has 0 aliphatic heterocycles. The molecule has 298 valence electrons. The van der Waals surface area contributed by atoms with Crippen molar-refractivity contribution in [3.63, 3.8) is 0 Å². The molecule has 7 rings (SSSR count).